The van der Waals surface area contributed by atoms with Gasteiger partial charge in [-0.1, -0.05) is 6.92 Å². The van der Waals surface area contributed by atoms with E-state index in [1.54, 1.807) is 11.3 Å². The van der Waals surface area contributed by atoms with Crippen molar-refractivity contribution in [1.29, 1.82) is 0 Å². The van der Waals surface area contributed by atoms with Crippen molar-refractivity contribution in [3.63, 3.8) is 0 Å². The topological polar surface area (TPSA) is 78.0 Å². The average Bonchev–Trinajstić information content (AvgIpc) is 2.70. The zero-order valence-corrected chi connectivity index (χ0v) is 12.9. The average molecular weight is 295 g/mol. The molecule has 20 heavy (non-hydrogen) atoms. The summed E-state index contributed by atoms with van der Waals surface area (Å²) in [5.41, 5.74) is 0.951. The Morgan fingerprint density at radius 3 is 2.90 bits per heavy atom. The van der Waals surface area contributed by atoms with E-state index in [9.17, 15) is 9.90 Å². The fourth-order valence-corrected chi connectivity index (χ4v) is 3.11. The lowest BCUT2D eigenvalue weighted by atomic mass is 10.2. The Morgan fingerprint density at radius 2 is 2.20 bits per heavy atom. The number of aliphatic hydroxyl groups is 1. The minimum atomic E-state index is -0.264. The maximum atomic E-state index is 12.1. The van der Waals surface area contributed by atoms with Crippen LogP contribution in [0.5, 0.6) is 0 Å². The van der Waals surface area contributed by atoms with Gasteiger partial charge in [0, 0.05) is 4.88 Å². The van der Waals surface area contributed by atoms with Gasteiger partial charge in [-0.15, -0.1) is 11.3 Å². The maximum absolute atomic E-state index is 12.1. The second-order valence-corrected chi connectivity index (χ2v) is 6.21. The molecule has 0 aromatic carbocycles. The molecule has 0 radical (unpaired) electrons. The van der Waals surface area contributed by atoms with Gasteiger partial charge in [0.25, 0.3) is 5.56 Å². The molecule has 1 unspecified atom stereocenters. The first-order valence-electron chi connectivity index (χ1n) is 6.90. The van der Waals surface area contributed by atoms with Crippen LogP contribution in [0, 0.1) is 13.8 Å². The van der Waals surface area contributed by atoms with Crippen LogP contribution in [0.25, 0.3) is 10.2 Å². The summed E-state index contributed by atoms with van der Waals surface area (Å²) in [4.78, 5) is 21.3. The Bertz CT molecular complexity index is 648. The number of aliphatic hydroxyl groups excluding tert-OH is 1. The van der Waals surface area contributed by atoms with Crippen molar-refractivity contribution in [3.8, 4) is 0 Å². The zero-order valence-electron chi connectivity index (χ0n) is 12.1. The molecule has 3 N–H and O–H groups in total. The van der Waals surface area contributed by atoms with Crippen molar-refractivity contribution in [2.24, 2.45) is 0 Å². The highest BCUT2D eigenvalue weighted by atomic mass is 32.1. The molecule has 2 aromatic rings. The van der Waals surface area contributed by atoms with Gasteiger partial charge in [0.15, 0.2) is 0 Å². The minimum absolute atomic E-state index is 0.0674. The summed E-state index contributed by atoms with van der Waals surface area (Å²) in [5.74, 6) is 0.648. The predicted octanol–water partition coefficient (Wildman–Crippen LogP) is 1.85. The number of thiophene rings is 1. The summed E-state index contributed by atoms with van der Waals surface area (Å²) in [5, 5.41) is 13.4. The highest BCUT2D eigenvalue weighted by Crippen LogP contribution is 2.25. The molecular formula is C14H21N3O2S. The molecule has 1 atom stereocenters. The SMILES string of the molecule is CCC(O)CCNCc1nc2sc(C)c(C)c2c(=O)[nH]1. The zero-order chi connectivity index (χ0) is 14.7. The molecule has 0 saturated heterocycles. The largest absolute Gasteiger partial charge is 0.393 e. The van der Waals surface area contributed by atoms with Crippen molar-refractivity contribution in [2.45, 2.75) is 46.3 Å². The normalized spacial score (nSPS) is 13.0. The number of aromatic nitrogens is 2. The first-order chi connectivity index (χ1) is 9.52. The molecule has 2 rings (SSSR count). The van der Waals surface area contributed by atoms with E-state index in [1.165, 1.54) is 0 Å². The lowest BCUT2D eigenvalue weighted by Crippen LogP contribution is -2.22. The standard InChI is InChI=1S/C14H21N3O2S/c1-4-10(18)5-6-15-7-11-16-13(19)12-8(2)9(3)20-14(12)17-11/h10,15,18H,4-7H2,1-3H3,(H,16,17,19). The van der Waals surface area contributed by atoms with Crippen LogP contribution in [0.3, 0.4) is 0 Å². The van der Waals surface area contributed by atoms with Crippen LogP contribution in [-0.4, -0.2) is 27.7 Å². The van der Waals surface area contributed by atoms with E-state index in [0.29, 0.717) is 30.7 Å². The van der Waals surface area contributed by atoms with E-state index in [4.69, 9.17) is 0 Å². The lowest BCUT2D eigenvalue weighted by molar-refractivity contribution is 0.159. The number of rotatable bonds is 6. The van der Waals surface area contributed by atoms with Crippen LogP contribution >= 0.6 is 11.3 Å². The van der Waals surface area contributed by atoms with Crippen molar-refractivity contribution < 1.29 is 5.11 Å². The fraction of sp³-hybridized carbons (Fsp3) is 0.571. The number of aromatic amines is 1. The molecule has 110 valence electrons. The predicted molar refractivity (Wildman–Crippen MR) is 82.3 cm³/mol. The van der Waals surface area contributed by atoms with Crippen LogP contribution in [0.1, 0.15) is 36.0 Å². The van der Waals surface area contributed by atoms with Crippen LogP contribution in [0.2, 0.25) is 0 Å². The molecule has 0 aliphatic carbocycles. The number of aryl methyl sites for hydroxylation is 2. The van der Waals surface area contributed by atoms with Crippen LogP contribution < -0.4 is 10.9 Å². The molecule has 0 aliphatic heterocycles. The second kappa shape index (κ2) is 6.47. The van der Waals surface area contributed by atoms with Gasteiger partial charge in [-0.25, -0.2) is 4.98 Å². The molecule has 0 amide bonds. The van der Waals surface area contributed by atoms with Gasteiger partial charge in [0.2, 0.25) is 0 Å². The van der Waals surface area contributed by atoms with Crippen molar-refractivity contribution in [1.82, 2.24) is 15.3 Å². The molecule has 2 heterocycles. The van der Waals surface area contributed by atoms with E-state index >= 15 is 0 Å². The summed E-state index contributed by atoms with van der Waals surface area (Å²) in [7, 11) is 0. The highest BCUT2D eigenvalue weighted by molar-refractivity contribution is 7.18. The Labute approximate surface area is 122 Å². The van der Waals surface area contributed by atoms with Crippen LogP contribution in [-0.2, 0) is 6.54 Å². The number of fused-ring (bicyclic) bond motifs is 1. The van der Waals surface area contributed by atoms with Crippen LogP contribution in [0.15, 0.2) is 4.79 Å². The molecule has 0 bridgehead atoms. The third-order valence-corrected chi connectivity index (χ3v) is 4.61. The summed E-state index contributed by atoms with van der Waals surface area (Å²) in [6.07, 6.45) is 1.20. The molecule has 2 aromatic heterocycles. The molecule has 0 saturated carbocycles. The monoisotopic (exact) mass is 295 g/mol. The number of nitrogens with zero attached hydrogens (tertiary/aromatic N) is 1. The Hall–Kier alpha value is -1.24. The highest BCUT2D eigenvalue weighted by Gasteiger charge is 2.11. The van der Waals surface area contributed by atoms with Gasteiger partial charge in [-0.05, 0) is 38.8 Å². The van der Waals surface area contributed by atoms with Crippen molar-refractivity contribution in [3.05, 3.63) is 26.6 Å². The number of H-pyrrole nitrogens is 1. The third-order valence-electron chi connectivity index (χ3n) is 3.51. The Balaban J connectivity index is 2.07. The number of nitrogens with one attached hydrogen (secondary N) is 2. The van der Waals surface area contributed by atoms with E-state index in [2.05, 4.69) is 15.3 Å². The summed E-state index contributed by atoms with van der Waals surface area (Å²) in [6, 6.07) is 0. The van der Waals surface area contributed by atoms with Gasteiger partial charge in [-0.2, -0.15) is 0 Å². The number of hydrogen-bond donors (Lipinski definition) is 3. The number of hydrogen-bond acceptors (Lipinski definition) is 5. The second-order valence-electron chi connectivity index (χ2n) is 5.00. The van der Waals surface area contributed by atoms with Gasteiger partial charge < -0.3 is 15.4 Å². The summed E-state index contributed by atoms with van der Waals surface area (Å²) >= 11 is 1.56. The Kier molecular flexibility index (Phi) is 4.91. The van der Waals surface area contributed by atoms with E-state index in [0.717, 1.165) is 21.7 Å². The Morgan fingerprint density at radius 1 is 1.45 bits per heavy atom. The van der Waals surface area contributed by atoms with Crippen molar-refractivity contribution in [2.75, 3.05) is 6.54 Å². The van der Waals surface area contributed by atoms with Crippen molar-refractivity contribution >= 4 is 21.6 Å². The van der Waals surface area contributed by atoms with Crippen LogP contribution in [0.4, 0.5) is 0 Å². The van der Waals surface area contributed by atoms with Gasteiger partial charge in [0.05, 0.1) is 18.0 Å². The smallest absolute Gasteiger partial charge is 0.259 e. The lowest BCUT2D eigenvalue weighted by Gasteiger charge is -2.08. The maximum Gasteiger partial charge on any atom is 0.259 e. The molecule has 0 fully saturated rings. The molecule has 5 nitrogen and oxygen atoms in total. The summed E-state index contributed by atoms with van der Waals surface area (Å²) < 4.78 is 0. The van der Waals surface area contributed by atoms with E-state index < -0.39 is 0 Å². The molecule has 0 aliphatic rings. The molecule has 6 heteroatoms. The quantitative estimate of drug-likeness (QED) is 0.711. The first kappa shape index (κ1) is 15.2. The molecule has 0 spiro atoms. The van der Waals surface area contributed by atoms with Gasteiger partial charge >= 0.3 is 0 Å². The third kappa shape index (κ3) is 3.26. The van der Waals surface area contributed by atoms with Gasteiger partial charge in [-0.3, -0.25) is 4.79 Å². The molecular weight excluding hydrogens is 274 g/mol. The van der Waals surface area contributed by atoms with E-state index in [1.807, 2.05) is 20.8 Å². The fourth-order valence-electron chi connectivity index (χ4n) is 2.06. The van der Waals surface area contributed by atoms with Gasteiger partial charge in [0.1, 0.15) is 10.7 Å². The summed E-state index contributed by atoms with van der Waals surface area (Å²) in [6.45, 7) is 7.14. The minimum Gasteiger partial charge on any atom is -0.393 e. The first-order valence-corrected chi connectivity index (χ1v) is 7.72. The van der Waals surface area contributed by atoms with E-state index in [-0.39, 0.29) is 11.7 Å².